The van der Waals surface area contributed by atoms with Crippen molar-refractivity contribution >= 4 is 11.5 Å². The number of hydrogen-bond acceptors (Lipinski definition) is 3. The summed E-state index contributed by atoms with van der Waals surface area (Å²) in [7, 11) is 1.84. The van der Waals surface area contributed by atoms with E-state index in [1.807, 2.05) is 37.7 Å². The first kappa shape index (κ1) is 9.51. The number of aromatic nitrogens is 3. The molecule has 0 unspecified atom stereocenters. The van der Waals surface area contributed by atoms with E-state index < -0.39 is 0 Å². The summed E-state index contributed by atoms with van der Waals surface area (Å²) in [5.41, 5.74) is 0.858. The fourth-order valence-electron chi connectivity index (χ4n) is 0.963. The topological polar surface area (TPSA) is 42.2 Å². The van der Waals surface area contributed by atoms with Crippen LogP contribution in [0.3, 0.4) is 0 Å². The van der Waals surface area contributed by atoms with Crippen LogP contribution in [0, 0.1) is 0 Å². The van der Waals surface area contributed by atoms with Gasteiger partial charge < -0.3 is 9.72 Å². The second kappa shape index (κ2) is 4.45. The molecule has 0 spiro atoms. The molecule has 0 radical (unpaired) electrons. The van der Waals surface area contributed by atoms with E-state index in [4.69, 9.17) is 0 Å². The van der Waals surface area contributed by atoms with E-state index in [1.54, 1.807) is 12.4 Å². The molecule has 0 amide bonds. The molecule has 0 atom stereocenters. The quantitative estimate of drug-likeness (QED) is 0.724. The lowest BCUT2D eigenvalue weighted by atomic mass is 10.7. The van der Waals surface area contributed by atoms with Gasteiger partial charge >= 0.3 is 0 Å². The summed E-state index contributed by atoms with van der Waals surface area (Å²) in [5.74, 6) is 0.859. The monoisotopic (exact) mass is 178 g/mol. The first-order chi connectivity index (χ1) is 6.40. The zero-order chi connectivity index (χ0) is 9.68. The average Bonchev–Trinajstić information content (AvgIpc) is 2.63. The maximum Gasteiger partial charge on any atom is 0.157 e. The Hall–Kier alpha value is -1.58. The number of imidazole rings is 1. The SMILES string of the molecule is CC.CNc1cn2ccncc2n1. The number of rotatable bonds is 1. The van der Waals surface area contributed by atoms with Gasteiger partial charge in [0.25, 0.3) is 0 Å². The molecule has 0 aliphatic heterocycles. The molecule has 0 saturated carbocycles. The van der Waals surface area contributed by atoms with Crippen LogP contribution in [0.25, 0.3) is 5.65 Å². The maximum atomic E-state index is 4.22. The Kier molecular flexibility index (Phi) is 3.25. The second-order valence-electron chi connectivity index (χ2n) is 2.22. The Morgan fingerprint density at radius 1 is 1.38 bits per heavy atom. The van der Waals surface area contributed by atoms with Crippen molar-refractivity contribution in [1.29, 1.82) is 0 Å². The van der Waals surface area contributed by atoms with Gasteiger partial charge in [0.2, 0.25) is 0 Å². The van der Waals surface area contributed by atoms with Crippen LogP contribution in [-0.2, 0) is 0 Å². The van der Waals surface area contributed by atoms with Gasteiger partial charge in [-0.05, 0) is 0 Å². The molecular weight excluding hydrogens is 164 g/mol. The number of anilines is 1. The number of nitrogens with one attached hydrogen (secondary N) is 1. The zero-order valence-electron chi connectivity index (χ0n) is 8.15. The number of fused-ring (bicyclic) bond motifs is 1. The molecule has 70 valence electrons. The summed E-state index contributed by atoms with van der Waals surface area (Å²) < 4.78 is 1.92. The lowest BCUT2D eigenvalue weighted by Gasteiger charge is -1.86. The van der Waals surface area contributed by atoms with Crippen LogP contribution in [0.4, 0.5) is 5.82 Å². The summed E-state index contributed by atoms with van der Waals surface area (Å²) in [6, 6.07) is 0. The van der Waals surface area contributed by atoms with Gasteiger partial charge in [-0.3, -0.25) is 4.98 Å². The van der Waals surface area contributed by atoms with E-state index in [0.29, 0.717) is 0 Å². The predicted molar refractivity (Wildman–Crippen MR) is 53.9 cm³/mol. The molecule has 4 nitrogen and oxygen atoms in total. The third kappa shape index (κ3) is 1.96. The van der Waals surface area contributed by atoms with E-state index in [1.165, 1.54) is 0 Å². The number of hydrogen-bond donors (Lipinski definition) is 1. The summed E-state index contributed by atoms with van der Waals surface area (Å²) in [6.45, 7) is 4.00. The van der Waals surface area contributed by atoms with Crippen LogP contribution in [0.2, 0.25) is 0 Å². The lowest BCUT2D eigenvalue weighted by molar-refractivity contribution is 1.13. The fraction of sp³-hybridized carbons (Fsp3) is 0.333. The molecule has 0 fully saturated rings. The summed E-state index contributed by atoms with van der Waals surface area (Å²) in [4.78, 5) is 8.17. The van der Waals surface area contributed by atoms with Crippen LogP contribution in [0.15, 0.2) is 24.8 Å². The van der Waals surface area contributed by atoms with Crippen LogP contribution < -0.4 is 5.32 Å². The summed E-state index contributed by atoms with van der Waals surface area (Å²) in [6.07, 6.45) is 7.23. The second-order valence-corrected chi connectivity index (χ2v) is 2.22. The van der Waals surface area contributed by atoms with Gasteiger partial charge in [-0.1, -0.05) is 13.8 Å². The van der Waals surface area contributed by atoms with Crippen LogP contribution in [0.5, 0.6) is 0 Å². The highest BCUT2D eigenvalue weighted by atomic mass is 15.1. The normalized spacial score (nSPS) is 9.15. The van der Waals surface area contributed by atoms with Gasteiger partial charge in [-0.2, -0.15) is 0 Å². The van der Waals surface area contributed by atoms with Gasteiger partial charge in [-0.25, -0.2) is 4.98 Å². The van der Waals surface area contributed by atoms with E-state index >= 15 is 0 Å². The Bertz CT molecular complexity index is 333. The zero-order valence-corrected chi connectivity index (χ0v) is 8.15. The third-order valence-corrected chi connectivity index (χ3v) is 1.52. The Labute approximate surface area is 77.6 Å². The average molecular weight is 178 g/mol. The van der Waals surface area contributed by atoms with Gasteiger partial charge in [-0.15, -0.1) is 0 Å². The van der Waals surface area contributed by atoms with Crippen molar-refractivity contribution in [2.45, 2.75) is 13.8 Å². The first-order valence-corrected chi connectivity index (χ1v) is 4.36. The van der Waals surface area contributed by atoms with E-state index in [-0.39, 0.29) is 0 Å². The maximum absolute atomic E-state index is 4.22. The van der Waals surface area contributed by atoms with E-state index in [9.17, 15) is 0 Å². The summed E-state index contributed by atoms with van der Waals surface area (Å²) >= 11 is 0. The largest absolute Gasteiger partial charge is 0.372 e. The van der Waals surface area contributed by atoms with Gasteiger partial charge in [0.05, 0.1) is 12.4 Å². The Morgan fingerprint density at radius 2 is 2.15 bits per heavy atom. The highest BCUT2D eigenvalue weighted by Crippen LogP contribution is 2.05. The minimum atomic E-state index is 0.858. The third-order valence-electron chi connectivity index (χ3n) is 1.52. The van der Waals surface area contributed by atoms with Crippen molar-refractivity contribution in [3.05, 3.63) is 24.8 Å². The molecule has 0 bridgehead atoms. The molecule has 2 rings (SSSR count). The molecular formula is C9H14N4. The van der Waals surface area contributed by atoms with Crippen molar-refractivity contribution in [1.82, 2.24) is 14.4 Å². The van der Waals surface area contributed by atoms with Crippen LogP contribution in [0.1, 0.15) is 13.8 Å². The molecule has 1 N–H and O–H groups in total. The van der Waals surface area contributed by atoms with Crippen molar-refractivity contribution in [2.75, 3.05) is 12.4 Å². The summed E-state index contributed by atoms with van der Waals surface area (Å²) in [5, 5.41) is 2.96. The predicted octanol–water partition coefficient (Wildman–Crippen LogP) is 1.80. The molecule has 2 heterocycles. The van der Waals surface area contributed by atoms with Crippen molar-refractivity contribution in [3.8, 4) is 0 Å². The lowest BCUT2D eigenvalue weighted by Crippen LogP contribution is -1.85. The molecule has 0 aromatic carbocycles. The molecule has 0 saturated heterocycles. The Balaban J connectivity index is 0.000000396. The van der Waals surface area contributed by atoms with Crippen LogP contribution in [-0.4, -0.2) is 21.4 Å². The molecule has 0 aliphatic rings. The Morgan fingerprint density at radius 3 is 2.77 bits per heavy atom. The smallest absolute Gasteiger partial charge is 0.157 e. The first-order valence-electron chi connectivity index (χ1n) is 4.36. The highest BCUT2D eigenvalue weighted by molar-refractivity contribution is 5.46. The molecule has 0 aliphatic carbocycles. The minimum Gasteiger partial charge on any atom is -0.372 e. The van der Waals surface area contributed by atoms with Crippen molar-refractivity contribution < 1.29 is 0 Å². The highest BCUT2D eigenvalue weighted by Gasteiger charge is 1.96. The van der Waals surface area contributed by atoms with E-state index in [0.717, 1.165) is 11.5 Å². The minimum absolute atomic E-state index is 0.858. The van der Waals surface area contributed by atoms with Crippen molar-refractivity contribution in [2.24, 2.45) is 0 Å². The fourth-order valence-corrected chi connectivity index (χ4v) is 0.963. The molecule has 13 heavy (non-hydrogen) atoms. The number of nitrogens with zero attached hydrogens (tertiary/aromatic N) is 3. The van der Waals surface area contributed by atoms with Gasteiger partial charge in [0.15, 0.2) is 5.65 Å². The molecule has 4 heteroatoms. The van der Waals surface area contributed by atoms with Crippen LogP contribution >= 0.6 is 0 Å². The van der Waals surface area contributed by atoms with Gasteiger partial charge in [0.1, 0.15) is 5.82 Å². The standard InChI is InChI=1S/C7H8N4.C2H6/c1-8-6-5-11-3-2-9-4-7(11)10-6;1-2/h2-5,8H,1H3;1-2H3. The molecule has 2 aromatic rings. The van der Waals surface area contributed by atoms with Crippen molar-refractivity contribution in [3.63, 3.8) is 0 Å². The van der Waals surface area contributed by atoms with E-state index in [2.05, 4.69) is 15.3 Å². The molecule has 2 aromatic heterocycles. The van der Waals surface area contributed by atoms with Gasteiger partial charge in [0, 0.05) is 19.4 Å².